The van der Waals surface area contributed by atoms with Gasteiger partial charge in [0.15, 0.2) is 23.0 Å². The third-order valence-electron chi connectivity index (χ3n) is 3.78. The van der Waals surface area contributed by atoms with E-state index in [0.29, 0.717) is 13.4 Å². The maximum Gasteiger partial charge on any atom is 0.231 e. The molecule has 0 bridgehead atoms. The Bertz CT molecular complexity index is 715. The van der Waals surface area contributed by atoms with Gasteiger partial charge in [-0.15, -0.1) is 0 Å². The summed E-state index contributed by atoms with van der Waals surface area (Å²) in [5.41, 5.74) is 2.38. The van der Waals surface area contributed by atoms with Gasteiger partial charge < -0.3 is 24.3 Å². The first-order valence-electron chi connectivity index (χ1n) is 7.91. The Hall–Kier alpha value is -2.66. The lowest BCUT2D eigenvalue weighted by Gasteiger charge is -2.11. The van der Waals surface area contributed by atoms with Gasteiger partial charge in [0.25, 0.3) is 0 Å². The summed E-state index contributed by atoms with van der Waals surface area (Å²) in [5.74, 6) is 3.12. The lowest BCUT2D eigenvalue weighted by molar-refractivity contribution is -0.686. The molecule has 0 atom stereocenters. The molecule has 1 aliphatic rings. The van der Waals surface area contributed by atoms with Crippen LogP contribution in [0.2, 0.25) is 0 Å². The lowest BCUT2D eigenvalue weighted by atomic mass is 10.1. The normalized spacial score (nSPS) is 12.0. The molecule has 0 aliphatic carbocycles. The summed E-state index contributed by atoms with van der Waals surface area (Å²) < 4.78 is 21.7. The lowest BCUT2D eigenvalue weighted by Crippen LogP contribution is -2.80. The van der Waals surface area contributed by atoms with Crippen LogP contribution in [0.3, 0.4) is 0 Å². The maximum absolute atomic E-state index is 5.57. The molecule has 3 rings (SSSR count). The van der Waals surface area contributed by atoms with E-state index in [1.54, 1.807) is 13.2 Å². The Balaban J connectivity index is 1.57. The van der Waals surface area contributed by atoms with Crippen molar-refractivity contribution in [2.24, 2.45) is 0 Å². The van der Waals surface area contributed by atoms with Gasteiger partial charge in [0.05, 0.1) is 7.11 Å². The summed E-state index contributed by atoms with van der Waals surface area (Å²) >= 11 is 0. The quantitative estimate of drug-likeness (QED) is 0.755. The highest BCUT2D eigenvalue weighted by atomic mass is 16.7. The molecule has 0 saturated carbocycles. The molecule has 2 aromatic rings. The van der Waals surface area contributed by atoms with Gasteiger partial charge in [0.1, 0.15) is 19.7 Å². The SMILES string of the molecule is C=CCOc1ccc(C[NH2+]Cc2ccc3c(c2)OCO3)cc1OC. The van der Waals surface area contributed by atoms with Crippen molar-refractivity contribution in [2.45, 2.75) is 13.1 Å². The van der Waals surface area contributed by atoms with Gasteiger partial charge in [-0.2, -0.15) is 0 Å². The Morgan fingerprint density at radius 1 is 1.04 bits per heavy atom. The number of rotatable bonds is 8. The average Bonchev–Trinajstić information content (AvgIpc) is 3.08. The summed E-state index contributed by atoms with van der Waals surface area (Å²) in [6.45, 7) is 6.15. The van der Waals surface area contributed by atoms with Crippen molar-refractivity contribution >= 4 is 0 Å². The summed E-state index contributed by atoms with van der Waals surface area (Å²) in [6, 6.07) is 12.1. The Morgan fingerprint density at radius 2 is 1.79 bits per heavy atom. The highest BCUT2D eigenvalue weighted by Gasteiger charge is 2.13. The molecule has 2 N–H and O–H groups in total. The first kappa shape index (κ1) is 16.2. The smallest absolute Gasteiger partial charge is 0.231 e. The molecule has 1 heterocycles. The van der Waals surface area contributed by atoms with Gasteiger partial charge in [-0.3, -0.25) is 0 Å². The van der Waals surface area contributed by atoms with Crippen LogP contribution in [-0.2, 0) is 13.1 Å². The van der Waals surface area contributed by atoms with Gasteiger partial charge in [-0.1, -0.05) is 12.7 Å². The van der Waals surface area contributed by atoms with Crippen molar-refractivity contribution in [3.63, 3.8) is 0 Å². The number of quaternary nitrogens is 1. The standard InChI is InChI=1S/C19H21NO4/c1-3-8-22-16-6-4-14(9-18(16)21-2)11-20-12-15-5-7-17-19(10-15)24-13-23-17/h3-7,9-10,20H,1,8,11-13H2,2H3/p+1. The molecule has 0 aromatic heterocycles. The maximum atomic E-state index is 5.57. The molecule has 0 saturated heterocycles. The third kappa shape index (κ3) is 3.81. The van der Waals surface area contributed by atoms with Crippen molar-refractivity contribution in [2.75, 3.05) is 20.5 Å². The zero-order valence-corrected chi connectivity index (χ0v) is 13.8. The average molecular weight is 328 g/mol. The molecule has 24 heavy (non-hydrogen) atoms. The molecule has 0 spiro atoms. The zero-order valence-electron chi connectivity index (χ0n) is 13.8. The minimum Gasteiger partial charge on any atom is -0.493 e. The molecule has 0 unspecified atom stereocenters. The number of hydrogen-bond donors (Lipinski definition) is 1. The van der Waals surface area contributed by atoms with Crippen LogP contribution in [0.1, 0.15) is 11.1 Å². The van der Waals surface area contributed by atoms with Crippen molar-refractivity contribution in [3.8, 4) is 23.0 Å². The van der Waals surface area contributed by atoms with E-state index in [0.717, 1.165) is 36.1 Å². The summed E-state index contributed by atoms with van der Waals surface area (Å²) in [5, 5.41) is 2.23. The summed E-state index contributed by atoms with van der Waals surface area (Å²) in [4.78, 5) is 0. The molecule has 2 aromatic carbocycles. The molecular formula is C19H22NO4+. The second-order valence-corrected chi connectivity index (χ2v) is 5.47. The van der Waals surface area contributed by atoms with Crippen LogP contribution in [0.25, 0.3) is 0 Å². The van der Waals surface area contributed by atoms with Crippen molar-refractivity contribution < 1.29 is 24.3 Å². The second kappa shape index (κ2) is 7.75. The van der Waals surface area contributed by atoms with Gasteiger partial charge in [0, 0.05) is 11.1 Å². The van der Waals surface area contributed by atoms with Crippen LogP contribution in [0, 0.1) is 0 Å². The van der Waals surface area contributed by atoms with Crippen LogP contribution in [0.4, 0.5) is 0 Å². The third-order valence-corrected chi connectivity index (χ3v) is 3.78. The van der Waals surface area contributed by atoms with Crippen LogP contribution in [0.15, 0.2) is 49.1 Å². The van der Waals surface area contributed by atoms with Crippen molar-refractivity contribution in [1.82, 2.24) is 0 Å². The van der Waals surface area contributed by atoms with E-state index in [4.69, 9.17) is 18.9 Å². The van der Waals surface area contributed by atoms with Gasteiger partial charge in [-0.25, -0.2) is 0 Å². The number of benzene rings is 2. The predicted molar refractivity (Wildman–Crippen MR) is 90.6 cm³/mol. The van der Waals surface area contributed by atoms with Gasteiger partial charge in [0.2, 0.25) is 6.79 Å². The van der Waals surface area contributed by atoms with Crippen molar-refractivity contribution in [1.29, 1.82) is 0 Å². The number of fused-ring (bicyclic) bond motifs is 1. The van der Waals surface area contributed by atoms with E-state index < -0.39 is 0 Å². The van der Waals surface area contributed by atoms with E-state index in [1.807, 2.05) is 24.3 Å². The molecule has 0 fully saturated rings. The topological polar surface area (TPSA) is 53.5 Å². The Labute approximate surface area is 141 Å². The van der Waals surface area contributed by atoms with Crippen LogP contribution in [0.5, 0.6) is 23.0 Å². The number of methoxy groups -OCH3 is 1. The highest BCUT2D eigenvalue weighted by molar-refractivity contribution is 5.44. The molecule has 0 amide bonds. The van der Waals surface area contributed by atoms with Gasteiger partial charge >= 0.3 is 0 Å². The molecule has 0 radical (unpaired) electrons. The summed E-state index contributed by atoms with van der Waals surface area (Å²) in [6.07, 6.45) is 1.71. The fraction of sp³-hybridized carbons (Fsp3) is 0.263. The second-order valence-electron chi connectivity index (χ2n) is 5.47. The number of nitrogens with two attached hydrogens (primary N) is 1. The predicted octanol–water partition coefficient (Wildman–Crippen LogP) is 2.25. The fourth-order valence-corrected chi connectivity index (χ4v) is 2.58. The van der Waals surface area contributed by atoms with E-state index in [9.17, 15) is 0 Å². The first-order valence-corrected chi connectivity index (χ1v) is 7.91. The van der Waals surface area contributed by atoms with Crippen molar-refractivity contribution in [3.05, 3.63) is 60.2 Å². The largest absolute Gasteiger partial charge is 0.493 e. The summed E-state index contributed by atoms with van der Waals surface area (Å²) in [7, 11) is 1.65. The minimum absolute atomic E-state index is 0.308. The molecular weight excluding hydrogens is 306 g/mol. The number of ether oxygens (including phenoxy) is 4. The zero-order chi connectivity index (χ0) is 16.8. The minimum atomic E-state index is 0.308. The first-order chi connectivity index (χ1) is 11.8. The molecule has 126 valence electrons. The molecule has 5 heteroatoms. The van der Waals surface area contributed by atoms with E-state index in [-0.39, 0.29) is 0 Å². The number of hydrogen-bond acceptors (Lipinski definition) is 4. The van der Waals surface area contributed by atoms with Crippen LogP contribution < -0.4 is 24.3 Å². The Kier molecular flexibility index (Phi) is 5.23. The van der Waals surface area contributed by atoms with E-state index in [2.05, 4.69) is 24.0 Å². The molecule has 1 aliphatic heterocycles. The van der Waals surface area contributed by atoms with Gasteiger partial charge in [-0.05, 0) is 36.4 Å². The molecule has 5 nitrogen and oxygen atoms in total. The van der Waals surface area contributed by atoms with E-state index >= 15 is 0 Å². The van der Waals surface area contributed by atoms with E-state index in [1.165, 1.54) is 11.1 Å². The monoisotopic (exact) mass is 328 g/mol. The fourth-order valence-electron chi connectivity index (χ4n) is 2.58. The Morgan fingerprint density at radius 3 is 2.58 bits per heavy atom. The van der Waals surface area contributed by atoms with Crippen LogP contribution in [-0.4, -0.2) is 20.5 Å². The highest BCUT2D eigenvalue weighted by Crippen LogP contribution is 2.32. The van der Waals surface area contributed by atoms with Crippen LogP contribution >= 0.6 is 0 Å².